The molecule has 0 aliphatic carbocycles. The summed E-state index contributed by atoms with van der Waals surface area (Å²) in [6.45, 7) is 1.95. The lowest BCUT2D eigenvalue weighted by atomic mass is 10.0. The molecule has 5 aromatic rings. The Morgan fingerprint density at radius 2 is 1.70 bits per heavy atom. The fraction of sp³-hybridized carbons (Fsp3) is 0.161. The van der Waals surface area contributed by atoms with Gasteiger partial charge in [-0.1, -0.05) is 60.7 Å². The number of hydrogen-bond donors (Lipinski definition) is 5. The molecule has 222 valence electrons. The van der Waals surface area contributed by atoms with Gasteiger partial charge in [0.2, 0.25) is 15.9 Å². The van der Waals surface area contributed by atoms with E-state index in [-0.39, 0.29) is 17.7 Å². The number of nitrogens with one attached hydrogen (secondary N) is 3. The van der Waals surface area contributed by atoms with Gasteiger partial charge in [-0.15, -0.1) is 10.8 Å². The fourth-order valence-electron chi connectivity index (χ4n) is 5.11. The largest absolute Gasteiger partial charge is 0.457 e. The van der Waals surface area contributed by atoms with Gasteiger partial charge in [0.05, 0.1) is 28.4 Å². The number of nitrogens with zero attached hydrogens (tertiary/aromatic N) is 1. The van der Waals surface area contributed by atoms with Crippen molar-refractivity contribution in [1.82, 2.24) is 19.4 Å². The smallest absolute Gasteiger partial charge is 0.241 e. The van der Waals surface area contributed by atoms with Crippen molar-refractivity contribution in [3.8, 4) is 11.5 Å². The molecule has 1 aliphatic heterocycles. The number of benzene rings is 4. The summed E-state index contributed by atoms with van der Waals surface area (Å²) in [7, 11) is -7.31. The van der Waals surface area contributed by atoms with Gasteiger partial charge in [-0.2, -0.15) is 0 Å². The Morgan fingerprint density at radius 3 is 2.40 bits per heavy atom. The van der Waals surface area contributed by atoms with Gasteiger partial charge in [-0.25, -0.2) is 18.1 Å². The van der Waals surface area contributed by atoms with Crippen LogP contribution in [0.1, 0.15) is 40.2 Å². The van der Waals surface area contributed by atoms with Crippen LogP contribution < -0.4 is 14.2 Å². The molecule has 0 bridgehead atoms. The first-order chi connectivity index (χ1) is 20.6. The van der Waals surface area contributed by atoms with Crippen LogP contribution in [0.25, 0.3) is 11.0 Å². The Balaban J connectivity index is 1.30. The number of amides is 1. The highest BCUT2D eigenvalue weighted by atomic mass is 32.3. The average Bonchev–Trinajstić information content (AvgIpc) is 3.54. The predicted octanol–water partition coefficient (Wildman–Crippen LogP) is 6.15. The molecule has 43 heavy (non-hydrogen) atoms. The third-order valence-electron chi connectivity index (χ3n) is 7.29. The molecule has 1 saturated heterocycles. The van der Waals surface area contributed by atoms with Crippen molar-refractivity contribution in [1.29, 1.82) is 0 Å². The first-order valence-corrected chi connectivity index (χ1v) is 16.6. The molecule has 1 unspecified atom stereocenters. The fourth-order valence-corrected chi connectivity index (χ4v) is 7.83. The lowest BCUT2D eigenvalue weighted by molar-refractivity contribution is -0.118. The molecule has 0 saturated carbocycles. The molecule has 0 radical (unpaired) electrons. The molecule has 4 aromatic carbocycles. The SMILES string of the molecule is Cc1cccc2nc([C@H](Cc3ccc(C4CC(=O)NS4(O)O)cc3)NS(=O)(=O)c3cccc(Oc4ccccc4)c3)[nH]c12. The summed E-state index contributed by atoms with van der Waals surface area (Å²) in [5.41, 5.74) is 3.90. The number of carbonyl (C=O) groups is 1. The van der Waals surface area contributed by atoms with Crippen molar-refractivity contribution in [3.63, 3.8) is 0 Å². The summed E-state index contributed by atoms with van der Waals surface area (Å²) in [6, 6.07) is 27.4. The topological polar surface area (TPSA) is 154 Å². The number of para-hydroxylation sites is 2. The zero-order valence-electron chi connectivity index (χ0n) is 23.1. The van der Waals surface area contributed by atoms with E-state index in [1.807, 2.05) is 43.3 Å². The van der Waals surface area contributed by atoms with Gasteiger partial charge >= 0.3 is 0 Å². The Bertz CT molecular complexity index is 1890. The van der Waals surface area contributed by atoms with Crippen LogP contribution in [0.5, 0.6) is 11.5 Å². The van der Waals surface area contributed by atoms with Gasteiger partial charge in [0.1, 0.15) is 22.6 Å². The summed E-state index contributed by atoms with van der Waals surface area (Å²) >= 11 is 0. The number of ether oxygens (including phenoxy) is 1. The van der Waals surface area contributed by atoms with E-state index in [0.717, 1.165) is 22.2 Å². The quantitative estimate of drug-likeness (QED) is 0.133. The number of aryl methyl sites for hydroxylation is 1. The van der Waals surface area contributed by atoms with Gasteiger partial charge < -0.3 is 9.72 Å². The minimum atomic E-state index is -4.03. The monoisotopic (exact) mass is 618 g/mol. The van der Waals surface area contributed by atoms with Crippen molar-refractivity contribution >= 4 is 37.7 Å². The van der Waals surface area contributed by atoms with Crippen molar-refractivity contribution in [2.75, 3.05) is 0 Å². The molecule has 12 heteroatoms. The molecule has 5 N–H and O–H groups in total. The highest BCUT2D eigenvalue weighted by Crippen LogP contribution is 2.56. The number of sulfonamides is 1. The number of rotatable bonds is 9. The normalized spacial score (nSPS) is 17.8. The molecular weight excluding hydrogens is 588 g/mol. The van der Waals surface area contributed by atoms with Crippen LogP contribution in [-0.2, 0) is 21.2 Å². The minimum Gasteiger partial charge on any atom is -0.457 e. The van der Waals surface area contributed by atoms with Crippen LogP contribution >= 0.6 is 10.8 Å². The first kappa shape index (κ1) is 28.9. The Labute approximate surface area is 250 Å². The third kappa shape index (κ3) is 6.28. The van der Waals surface area contributed by atoms with E-state index in [9.17, 15) is 22.3 Å². The van der Waals surface area contributed by atoms with Crippen molar-refractivity contribution in [2.24, 2.45) is 0 Å². The molecule has 1 fully saturated rings. The number of H-pyrrole nitrogens is 1. The van der Waals surface area contributed by atoms with E-state index < -0.39 is 38.0 Å². The molecule has 2 atom stereocenters. The maximum Gasteiger partial charge on any atom is 0.241 e. The summed E-state index contributed by atoms with van der Waals surface area (Å²) in [5, 5.41) is -0.743. The lowest BCUT2D eigenvalue weighted by Crippen LogP contribution is -2.31. The molecule has 1 aromatic heterocycles. The summed E-state index contributed by atoms with van der Waals surface area (Å²) in [6.07, 6.45) is 0.228. The molecule has 6 rings (SSSR count). The van der Waals surface area contributed by atoms with E-state index in [4.69, 9.17) is 9.72 Å². The van der Waals surface area contributed by atoms with E-state index >= 15 is 0 Å². The van der Waals surface area contributed by atoms with Crippen LogP contribution in [0.2, 0.25) is 0 Å². The Hall–Kier alpha value is -4.20. The zero-order chi connectivity index (χ0) is 30.2. The second kappa shape index (κ2) is 11.5. The molecule has 10 nitrogen and oxygen atoms in total. The number of carbonyl (C=O) groups excluding carboxylic acids is 1. The van der Waals surface area contributed by atoms with E-state index in [1.165, 1.54) is 12.1 Å². The lowest BCUT2D eigenvalue weighted by Gasteiger charge is -2.32. The first-order valence-electron chi connectivity index (χ1n) is 13.5. The van der Waals surface area contributed by atoms with Crippen molar-refractivity contribution in [2.45, 2.75) is 36.0 Å². The second-order valence-corrected chi connectivity index (χ2v) is 14.1. The van der Waals surface area contributed by atoms with Crippen LogP contribution in [-0.4, -0.2) is 33.4 Å². The maximum absolute atomic E-state index is 13.7. The molecule has 1 aliphatic rings. The second-order valence-electron chi connectivity index (χ2n) is 10.4. The van der Waals surface area contributed by atoms with E-state index in [1.54, 1.807) is 48.5 Å². The predicted molar refractivity (Wildman–Crippen MR) is 165 cm³/mol. The van der Waals surface area contributed by atoms with Crippen LogP contribution in [0.3, 0.4) is 0 Å². The maximum atomic E-state index is 13.7. The highest BCUT2D eigenvalue weighted by molar-refractivity contribution is 8.23. The number of hydrogen-bond acceptors (Lipinski definition) is 7. The van der Waals surface area contributed by atoms with Crippen molar-refractivity contribution < 1.29 is 27.1 Å². The van der Waals surface area contributed by atoms with Gasteiger partial charge in [0, 0.05) is 6.07 Å². The van der Waals surface area contributed by atoms with Crippen molar-refractivity contribution in [3.05, 3.63) is 120 Å². The number of imidazole rings is 1. The number of fused-ring (bicyclic) bond motifs is 1. The highest BCUT2D eigenvalue weighted by Gasteiger charge is 2.38. The summed E-state index contributed by atoms with van der Waals surface area (Å²) in [5.74, 6) is 1.00. The molecule has 2 heterocycles. The third-order valence-corrected chi connectivity index (χ3v) is 10.5. The van der Waals surface area contributed by atoms with E-state index in [0.29, 0.717) is 22.9 Å². The standard InChI is InChI=1S/C31H30N4O6S2/c1-20-7-5-12-26-30(20)33-31(32-26)27(17-21-13-15-22(16-14-21)28-19-29(36)35-43(28,39)40)34-42(37,38)25-11-6-10-24(18-25)41-23-8-3-2-4-9-23/h2-16,18,27-28,34,39-40H,17,19H2,1H3,(H,32,33)(H,35,36)/t27-,28?/m0/s1. The summed E-state index contributed by atoms with van der Waals surface area (Å²) in [4.78, 5) is 19.8. The van der Waals surface area contributed by atoms with Gasteiger partial charge in [-0.3, -0.25) is 18.6 Å². The van der Waals surface area contributed by atoms with Gasteiger partial charge in [0.15, 0.2) is 0 Å². The zero-order valence-corrected chi connectivity index (χ0v) is 24.7. The molecular formula is C31H30N4O6S2. The number of aromatic nitrogens is 2. The van der Waals surface area contributed by atoms with Gasteiger partial charge in [0.25, 0.3) is 0 Å². The molecule has 1 amide bonds. The Morgan fingerprint density at radius 1 is 0.977 bits per heavy atom. The van der Waals surface area contributed by atoms with Crippen LogP contribution in [0.4, 0.5) is 0 Å². The average molecular weight is 619 g/mol. The Kier molecular flexibility index (Phi) is 7.71. The van der Waals surface area contributed by atoms with E-state index in [2.05, 4.69) is 14.4 Å². The van der Waals surface area contributed by atoms with Crippen LogP contribution in [0.15, 0.2) is 102 Å². The number of aromatic amines is 1. The van der Waals surface area contributed by atoms with Crippen LogP contribution in [0, 0.1) is 6.92 Å². The van der Waals surface area contributed by atoms with Gasteiger partial charge in [-0.05, 0) is 60.4 Å². The molecule has 0 spiro atoms. The minimum absolute atomic E-state index is 0.0184. The summed E-state index contributed by atoms with van der Waals surface area (Å²) < 4.78 is 58.9.